The van der Waals surface area contributed by atoms with Crippen molar-refractivity contribution in [3.05, 3.63) is 65.0 Å². The maximum absolute atomic E-state index is 13.4. The molecule has 2 aromatic carbocycles. The monoisotopic (exact) mass is 265 g/mol. The van der Waals surface area contributed by atoms with Gasteiger partial charge in [-0.15, -0.1) is 0 Å². The van der Waals surface area contributed by atoms with Crippen molar-refractivity contribution in [3.63, 3.8) is 0 Å². The predicted octanol–water partition coefficient (Wildman–Crippen LogP) is 3.50. The third-order valence-electron chi connectivity index (χ3n) is 2.61. The predicted molar refractivity (Wildman–Crippen MR) is 74.7 cm³/mol. The number of benzene rings is 2. The maximum Gasteiger partial charge on any atom is 0.142 e. The highest BCUT2D eigenvalue weighted by atomic mass is 19.1. The zero-order valence-electron chi connectivity index (χ0n) is 11.0. The Bertz CT molecular complexity index is 702. The van der Waals surface area contributed by atoms with E-state index < -0.39 is 5.82 Å². The van der Waals surface area contributed by atoms with Gasteiger partial charge in [0, 0.05) is 11.1 Å². The summed E-state index contributed by atoms with van der Waals surface area (Å²) in [6.07, 6.45) is 0. The number of ether oxygens (including phenoxy) is 1. The normalized spacial score (nSPS) is 9.25. The number of rotatable bonds is 2. The quantitative estimate of drug-likeness (QED) is 0.779. The van der Waals surface area contributed by atoms with E-state index in [0.29, 0.717) is 12.2 Å². The first-order valence-corrected chi connectivity index (χ1v) is 6.17. The fourth-order valence-electron chi connectivity index (χ4n) is 1.63. The fourth-order valence-corrected chi connectivity index (χ4v) is 1.63. The summed E-state index contributed by atoms with van der Waals surface area (Å²) in [6.45, 7) is 2.54. The lowest BCUT2D eigenvalue weighted by Gasteiger charge is -2.01. The average molecular weight is 265 g/mol. The molecule has 2 rings (SSSR count). The van der Waals surface area contributed by atoms with Gasteiger partial charge in [-0.05, 0) is 49.4 Å². The van der Waals surface area contributed by atoms with Gasteiger partial charge in [0.25, 0.3) is 0 Å². The average Bonchev–Trinajstić information content (AvgIpc) is 2.47. The summed E-state index contributed by atoms with van der Waals surface area (Å²) >= 11 is 0. The van der Waals surface area contributed by atoms with Crippen LogP contribution >= 0.6 is 0 Å². The van der Waals surface area contributed by atoms with Crippen LogP contribution in [0.2, 0.25) is 0 Å². The molecule has 0 amide bonds. The number of nitrogens with zero attached hydrogens (tertiary/aromatic N) is 1. The second-order valence-corrected chi connectivity index (χ2v) is 4.01. The highest BCUT2D eigenvalue weighted by Gasteiger charge is 2.00. The minimum Gasteiger partial charge on any atom is -0.494 e. The van der Waals surface area contributed by atoms with Gasteiger partial charge < -0.3 is 4.74 Å². The van der Waals surface area contributed by atoms with Crippen LogP contribution in [0.1, 0.15) is 23.6 Å². The van der Waals surface area contributed by atoms with Crippen molar-refractivity contribution in [1.82, 2.24) is 0 Å². The van der Waals surface area contributed by atoms with Crippen LogP contribution in [0.25, 0.3) is 0 Å². The smallest absolute Gasteiger partial charge is 0.142 e. The van der Waals surface area contributed by atoms with Crippen LogP contribution in [0.5, 0.6) is 5.75 Å². The Morgan fingerprint density at radius 3 is 2.30 bits per heavy atom. The molecule has 2 nitrogen and oxygen atoms in total. The molecule has 0 saturated heterocycles. The van der Waals surface area contributed by atoms with E-state index >= 15 is 0 Å². The lowest BCUT2D eigenvalue weighted by atomic mass is 10.1. The van der Waals surface area contributed by atoms with Gasteiger partial charge in [-0.25, -0.2) is 4.39 Å². The van der Waals surface area contributed by atoms with Crippen molar-refractivity contribution in [2.45, 2.75) is 6.92 Å². The highest BCUT2D eigenvalue weighted by molar-refractivity contribution is 5.46. The molecule has 20 heavy (non-hydrogen) atoms. The Morgan fingerprint density at radius 1 is 1.05 bits per heavy atom. The first kappa shape index (κ1) is 13.6. The molecule has 2 aromatic rings. The number of nitriles is 1. The molecule has 0 N–H and O–H groups in total. The van der Waals surface area contributed by atoms with Crippen LogP contribution in [0.4, 0.5) is 4.39 Å². The third-order valence-corrected chi connectivity index (χ3v) is 2.61. The van der Waals surface area contributed by atoms with E-state index in [4.69, 9.17) is 10.00 Å². The van der Waals surface area contributed by atoms with Crippen LogP contribution in [0, 0.1) is 29.0 Å². The van der Waals surface area contributed by atoms with Crippen LogP contribution in [-0.2, 0) is 0 Å². The van der Waals surface area contributed by atoms with Gasteiger partial charge >= 0.3 is 0 Å². The van der Waals surface area contributed by atoms with Crippen molar-refractivity contribution < 1.29 is 9.13 Å². The van der Waals surface area contributed by atoms with E-state index in [0.717, 1.165) is 11.3 Å². The van der Waals surface area contributed by atoms with Crippen LogP contribution in [0.3, 0.4) is 0 Å². The second kappa shape index (κ2) is 6.41. The lowest BCUT2D eigenvalue weighted by Crippen LogP contribution is -1.90. The molecule has 0 radical (unpaired) electrons. The lowest BCUT2D eigenvalue weighted by molar-refractivity contribution is 0.340. The fraction of sp³-hybridized carbons (Fsp3) is 0.118. The summed E-state index contributed by atoms with van der Waals surface area (Å²) in [4.78, 5) is 0. The van der Waals surface area contributed by atoms with Gasteiger partial charge in [0.2, 0.25) is 0 Å². The van der Waals surface area contributed by atoms with Crippen molar-refractivity contribution >= 4 is 0 Å². The Kier molecular flexibility index (Phi) is 4.37. The zero-order chi connectivity index (χ0) is 14.4. The van der Waals surface area contributed by atoms with E-state index in [9.17, 15) is 4.39 Å². The standard InChI is InChI=1S/C17H12FNO/c1-2-20-16-9-6-13(7-10-16)3-4-14-5-8-15(12-19)17(18)11-14/h5-11H,2H2,1H3. The molecular weight excluding hydrogens is 253 g/mol. The van der Waals surface area contributed by atoms with Gasteiger partial charge in [0.15, 0.2) is 0 Å². The first-order valence-electron chi connectivity index (χ1n) is 6.17. The molecule has 0 aliphatic carbocycles. The van der Waals surface area contributed by atoms with Crippen molar-refractivity contribution in [3.8, 4) is 23.7 Å². The van der Waals surface area contributed by atoms with Crippen molar-refractivity contribution in [2.24, 2.45) is 0 Å². The molecule has 0 spiro atoms. The maximum atomic E-state index is 13.4. The number of hydrogen-bond donors (Lipinski definition) is 0. The van der Waals surface area contributed by atoms with Crippen LogP contribution in [-0.4, -0.2) is 6.61 Å². The van der Waals surface area contributed by atoms with Gasteiger partial charge in [-0.2, -0.15) is 5.26 Å². The minimum absolute atomic E-state index is 0.0246. The summed E-state index contributed by atoms with van der Waals surface area (Å²) in [5.74, 6) is 6.05. The van der Waals surface area contributed by atoms with E-state index in [2.05, 4.69) is 11.8 Å². The van der Waals surface area contributed by atoms with E-state index in [1.807, 2.05) is 31.2 Å². The summed E-state index contributed by atoms with van der Waals surface area (Å²) < 4.78 is 18.7. The van der Waals surface area contributed by atoms with Gasteiger partial charge in [-0.3, -0.25) is 0 Å². The van der Waals surface area contributed by atoms with Crippen molar-refractivity contribution in [2.75, 3.05) is 6.61 Å². The third kappa shape index (κ3) is 3.37. The molecule has 0 aliphatic rings. The van der Waals surface area contributed by atoms with Crippen molar-refractivity contribution in [1.29, 1.82) is 5.26 Å². The second-order valence-electron chi connectivity index (χ2n) is 4.01. The summed E-state index contributed by atoms with van der Waals surface area (Å²) in [6, 6.07) is 13.5. The highest BCUT2D eigenvalue weighted by Crippen LogP contribution is 2.12. The Hall–Kier alpha value is -2.78. The number of halogens is 1. The molecule has 3 heteroatoms. The molecule has 0 heterocycles. The largest absolute Gasteiger partial charge is 0.494 e. The summed E-state index contributed by atoms with van der Waals surface area (Å²) in [5, 5.41) is 8.65. The first-order chi connectivity index (χ1) is 9.72. The summed E-state index contributed by atoms with van der Waals surface area (Å²) in [5.41, 5.74) is 1.38. The van der Waals surface area contributed by atoms with Crippen LogP contribution in [0.15, 0.2) is 42.5 Å². The van der Waals surface area contributed by atoms with E-state index in [1.165, 1.54) is 12.1 Å². The Morgan fingerprint density at radius 2 is 1.70 bits per heavy atom. The number of hydrogen-bond acceptors (Lipinski definition) is 2. The summed E-state index contributed by atoms with van der Waals surface area (Å²) in [7, 11) is 0. The molecule has 0 saturated carbocycles. The molecule has 0 aromatic heterocycles. The molecule has 0 bridgehead atoms. The molecule has 0 atom stereocenters. The van der Waals surface area contributed by atoms with Gasteiger partial charge in [0.1, 0.15) is 17.6 Å². The van der Waals surface area contributed by atoms with Gasteiger partial charge in [-0.1, -0.05) is 11.8 Å². The van der Waals surface area contributed by atoms with E-state index in [1.54, 1.807) is 12.1 Å². The molecular formula is C17H12FNO. The molecule has 0 unspecified atom stereocenters. The topological polar surface area (TPSA) is 33.0 Å². The van der Waals surface area contributed by atoms with Gasteiger partial charge in [0.05, 0.1) is 12.2 Å². The molecule has 98 valence electrons. The van der Waals surface area contributed by atoms with E-state index in [-0.39, 0.29) is 5.56 Å². The zero-order valence-corrected chi connectivity index (χ0v) is 11.0. The molecule has 0 fully saturated rings. The Balaban J connectivity index is 2.18. The SMILES string of the molecule is CCOc1ccc(C#Cc2ccc(C#N)c(F)c2)cc1. The Labute approximate surface area is 117 Å². The minimum atomic E-state index is -0.550. The van der Waals surface area contributed by atoms with Crippen LogP contribution < -0.4 is 4.74 Å². The molecule has 0 aliphatic heterocycles.